The number of hydrogen-bond acceptors (Lipinski definition) is 2. The van der Waals surface area contributed by atoms with Crippen LogP contribution in [0.2, 0.25) is 0 Å². The van der Waals surface area contributed by atoms with Gasteiger partial charge in [0.05, 0.1) is 12.1 Å². The van der Waals surface area contributed by atoms with Crippen molar-refractivity contribution in [3.8, 4) is 0 Å². The van der Waals surface area contributed by atoms with Gasteiger partial charge in [-0.25, -0.2) is 0 Å². The zero-order valence-corrected chi connectivity index (χ0v) is 12.8. The van der Waals surface area contributed by atoms with Crippen LogP contribution in [0.1, 0.15) is 51.3 Å². The van der Waals surface area contributed by atoms with Crippen LogP contribution in [-0.4, -0.2) is 17.1 Å². The molecule has 1 amide bonds. The van der Waals surface area contributed by atoms with Crippen LogP contribution in [0.15, 0.2) is 24.3 Å². The summed E-state index contributed by atoms with van der Waals surface area (Å²) in [6.45, 7) is 8.53. The number of aliphatic hydroxyl groups excluding tert-OH is 1. The summed E-state index contributed by atoms with van der Waals surface area (Å²) in [4.78, 5) is 12.2. The van der Waals surface area contributed by atoms with E-state index in [1.54, 1.807) is 0 Å². The van der Waals surface area contributed by atoms with Crippen molar-refractivity contribution < 1.29 is 9.90 Å². The zero-order chi connectivity index (χ0) is 14.9. The third-order valence-corrected chi connectivity index (χ3v) is 4.49. The van der Waals surface area contributed by atoms with E-state index in [0.29, 0.717) is 18.8 Å². The molecular formula is C17H25NO2. The molecule has 2 rings (SSSR count). The Kier molecular flexibility index (Phi) is 4.19. The molecule has 0 bridgehead atoms. The Morgan fingerprint density at radius 3 is 2.70 bits per heavy atom. The predicted molar refractivity (Wildman–Crippen MR) is 80.3 cm³/mol. The van der Waals surface area contributed by atoms with Gasteiger partial charge in [-0.1, -0.05) is 52.0 Å². The third-order valence-electron chi connectivity index (χ3n) is 4.49. The average Bonchev–Trinajstić information content (AvgIpc) is 2.65. The lowest BCUT2D eigenvalue weighted by atomic mass is 9.80. The van der Waals surface area contributed by atoms with Crippen molar-refractivity contribution >= 4 is 5.91 Å². The first-order valence-corrected chi connectivity index (χ1v) is 7.34. The number of hydrogen-bond donors (Lipinski definition) is 2. The summed E-state index contributed by atoms with van der Waals surface area (Å²) in [5.74, 6) is 0.324. The second kappa shape index (κ2) is 5.57. The molecule has 0 aliphatic heterocycles. The Balaban J connectivity index is 2.02. The number of benzene rings is 1. The molecule has 3 nitrogen and oxygen atoms in total. The van der Waals surface area contributed by atoms with Gasteiger partial charge in [0.15, 0.2) is 0 Å². The van der Waals surface area contributed by atoms with Crippen LogP contribution >= 0.6 is 0 Å². The Hall–Kier alpha value is -1.35. The van der Waals surface area contributed by atoms with Crippen LogP contribution < -0.4 is 5.32 Å². The minimum atomic E-state index is -0.513. The second-order valence-corrected chi connectivity index (χ2v) is 6.99. The van der Waals surface area contributed by atoms with Crippen LogP contribution in [0.25, 0.3) is 0 Å². The molecule has 1 aliphatic carbocycles. The van der Waals surface area contributed by atoms with E-state index in [1.807, 2.05) is 24.3 Å². The quantitative estimate of drug-likeness (QED) is 0.891. The molecule has 0 aromatic heterocycles. The minimum Gasteiger partial charge on any atom is -0.390 e. The number of carbonyl (C=O) groups excluding carboxylic acids is 1. The Bertz CT molecular complexity index is 490. The molecule has 1 aliphatic rings. The fourth-order valence-corrected chi connectivity index (χ4v) is 2.56. The van der Waals surface area contributed by atoms with Crippen molar-refractivity contribution in [1.82, 2.24) is 5.32 Å². The third kappa shape index (κ3) is 3.21. The van der Waals surface area contributed by atoms with Crippen molar-refractivity contribution in [3.63, 3.8) is 0 Å². The maximum atomic E-state index is 12.2. The number of nitrogens with one attached hydrogen (secondary N) is 1. The van der Waals surface area contributed by atoms with Gasteiger partial charge in [-0.2, -0.15) is 0 Å². The minimum absolute atomic E-state index is 0.0215. The summed E-state index contributed by atoms with van der Waals surface area (Å²) >= 11 is 0. The second-order valence-electron chi connectivity index (χ2n) is 6.99. The molecule has 0 heterocycles. The lowest BCUT2D eigenvalue weighted by Gasteiger charge is -2.27. The van der Waals surface area contributed by atoms with E-state index >= 15 is 0 Å². The molecule has 110 valence electrons. The highest BCUT2D eigenvalue weighted by atomic mass is 16.3. The van der Waals surface area contributed by atoms with Gasteiger partial charge in [0.25, 0.3) is 0 Å². The van der Waals surface area contributed by atoms with Crippen molar-refractivity contribution in [2.75, 3.05) is 0 Å². The lowest BCUT2D eigenvalue weighted by molar-refractivity contribution is -0.124. The monoisotopic (exact) mass is 275 g/mol. The summed E-state index contributed by atoms with van der Waals surface area (Å²) < 4.78 is 0. The standard InChI is InChI=1S/C17H25NO2/c1-11(17(2,3)4)9-15(20)18-16-13-8-6-5-7-12(13)10-14(16)19/h5-8,11,14,16,19H,9-10H2,1-4H3,(H,18,20)/t11?,14-,16+/m1/s1. The molecule has 3 heteroatoms. The molecular weight excluding hydrogens is 250 g/mol. The van der Waals surface area contributed by atoms with Crippen molar-refractivity contribution in [2.45, 2.75) is 52.7 Å². The van der Waals surface area contributed by atoms with E-state index in [9.17, 15) is 9.90 Å². The van der Waals surface area contributed by atoms with Crippen molar-refractivity contribution in [2.24, 2.45) is 11.3 Å². The topological polar surface area (TPSA) is 49.3 Å². The summed E-state index contributed by atoms with van der Waals surface area (Å²) in [7, 11) is 0. The molecule has 0 saturated heterocycles. The fraction of sp³-hybridized carbons (Fsp3) is 0.588. The SMILES string of the molecule is CC(CC(=O)N[C@H]1c2ccccc2C[C@H]1O)C(C)(C)C. The Morgan fingerprint density at radius 1 is 1.40 bits per heavy atom. The van der Waals surface area contributed by atoms with Gasteiger partial charge < -0.3 is 10.4 Å². The summed E-state index contributed by atoms with van der Waals surface area (Å²) in [6, 6.07) is 7.67. The number of rotatable bonds is 3. The van der Waals surface area contributed by atoms with Gasteiger partial charge in [-0.05, 0) is 22.5 Å². The first-order chi connectivity index (χ1) is 9.29. The molecule has 0 saturated carbocycles. The van der Waals surface area contributed by atoms with Gasteiger partial charge in [0, 0.05) is 12.8 Å². The predicted octanol–water partition coefficient (Wildman–Crippen LogP) is 2.83. The van der Waals surface area contributed by atoms with E-state index < -0.39 is 6.10 Å². The van der Waals surface area contributed by atoms with Crippen molar-refractivity contribution in [1.29, 1.82) is 0 Å². The van der Waals surface area contributed by atoms with Gasteiger partial charge in [0.2, 0.25) is 5.91 Å². The van der Waals surface area contributed by atoms with Gasteiger partial charge in [-0.15, -0.1) is 0 Å². The van der Waals surface area contributed by atoms with Crippen LogP contribution in [0.3, 0.4) is 0 Å². The van der Waals surface area contributed by atoms with Gasteiger partial charge >= 0.3 is 0 Å². The van der Waals surface area contributed by atoms with Gasteiger partial charge in [-0.3, -0.25) is 4.79 Å². The largest absolute Gasteiger partial charge is 0.390 e. The summed E-state index contributed by atoms with van der Waals surface area (Å²) in [5.41, 5.74) is 2.30. The van der Waals surface area contributed by atoms with Crippen molar-refractivity contribution in [3.05, 3.63) is 35.4 Å². The van der Waals surface area contributed by atoms with Crippen LogP contribution in [0.5, 0.6) is 0 Å². The smallest absolute Gasteiger partial charge is 0.220 e. The van der Waals surface area contributed by atoms with E-state index in [0.717, 1.165) is 11.1 Å². The number of fused-ring (bicyclic) bond motifs is 1. The van der Waals surface area contributed by atoms with E-state index in [1.165, 1.54) is 0 Å². The highest BCUT2D eigenvalue weighted by Gasteiger charge is 2.32. The molecule has 1 aromatic rings. The first kappa shape index (κ1) is 15.0. The highest BCUT2D eigenvalue weighted by Crippen LogP contribution is 2.32. The number of carbonyl (C=O) groups is 1. The number of amides is 1. The molecule has 20 heavy (non-hydrogen) atoms. The van der Waals surface area contributed by atoms with Crippen LogP contribution in [0.4, 0.5) is 0 Å². The summed E-state index contributed by atoms with van der Waals surface area (Å²) in [5, 5.41) is 13.1. The zero-order valence-electron chi connectivity index (χ0n) is 12.8. The summed E-state index contributed by atoms with van der Waals surface area (Å²) in [6.07, 6.45) is 0.603. The van der Waals surface area contributed by atoms with E-state index in [4.69, 9.17) is 0 Å². The van der Waals surface area contributed by atoms with Crippen LogP contribution in [0, 0.1) is 11.3 Å². The molecule has 1 aromatic carbocycles. The Morgan fingerprint density at radius 2 is 2.05 bits per heavy atom. The van der Waals surface area contributed by atoms with E-state index in [-0.39, 0.29) is 17.4 Å². The maximum absolute atomic E-state index is 12.2. The fourth-order valence-electron chi connectivity index (χ4n) is 2.56. The molecule has 0 fully saturated rings. The molecule has 0 spiro atoms. The Labute approximate surface area is 121 Å². The maximum Gasteiger partial charge on any atom is 0.220 e. The van der Waals surface area contributed by atoms with Gasteiger partial charge in [0.1, 0.15) is 0 Å². The van der Waals surface area contributed by atoms with Crippen LogP contribution in [-0.2, 0) is 11.2 Å². The highest BCUT2D eigenvalue weighted by molar-refractivity contribution is 5.77. The van der Waals surface area contributed by atoms with E-state index in [2.05, 4.69) is 33.0 Å². The number of aliphatic hydroxyl groups is 1. The normalized spacial score (nSPS) is 23.2. The molecule has 2 N–H and O–H groups in total. The molecule has 3 atom stereocenters. The first-order valence-electron chi connectivity index (χ1n) is 7.34. The molecule has 0 radical (unpaired) electrons. The molecule has 1 unspecified atom stereocenters. The lowest BCUT2D eigenvalue weighted by Crippen LogP contribution is -2.36. The average molecular weight is 275 g/mol.